The molecule has 0 atom stereocenters. The number of hydrogen-bond acceptors (Lipinski definition) is 4. The van der Waals surface area contributed by atoms with Crippen LogP contribution in [-0.4, -0.2) is 14.8 Å². The highest BCUT2D eigenvalue weighted by atomic mass is 32.1. The Morgan fingerprint density at radius 3 is 2.22 bits per heavy atom. The molecule has 0 saturated carbocycles. The molecule has 4 heteroatoms. The first kappa shape index (κ1) is 6.61. The Bertz CT molecular complexity index is 175. The normalized spacial score (nSPS) is 11.9. The minimum absolute atomic E-state index is 0.105. The van der Waals surface area contributed by atoms with Crippen LogP contribution >= 0.6 is 11.5 Å². The first-order valence-corrected chi connectivity index (χ1v) is 3.53. The van der Waals surface area contributed by atoms with E-state index in [0.717, 1.165) is 5.01 Å². The third kappa shape index (κ3) is 1.45. The second kappa shape index (κ2) is 2.02. The minimum Gasteiger partial charge on any atom is -0.121 e. The molecule has 1 heterocycles. The van der Waals surface area contributed by atoms with Crippen LogP contribution in [0.4, 0.5) is 0 Å². The average molecular weight is 143 g/mol. The van der Waals surface area contributed by atoms with E-state index < -0.39 is 0 Å². The molecule has 1 rings (SSSR count). The van der Waals surface area contributed by atoms with Crippen LogP contribution in [0.3, 0.4) is 0 Å². The van der Waals surface area contributed by atoms with Gasteiger partial charge < -0.3 is 0 Å². The second-order valence-corrected chi connectivity index (χ2v) is 3.65. The van der Waals surface area contributed by atoms with Gasteiger partial charge in [-0.2, -0.15) is 0 Å². The predicted octanol–water partition coefficient (Wildman–Crippen LogP) is 1.23. The summed E-state index contributed by atoms with van der Waals surface area (Å²) in [5.41, 5.74) is 0.105. The van der Waals surface area contributed by atoms with E-state index in [-0.39, 0.29) is 5.41 Å². The molecule has 0 aliphatic heterocycles. The van der Waals surface area contributed by atoms with Crippen molar-refractivity contribution < 1.29 is 0 Å². The molecule has 0 fully saturated rings. The van der Waals surface area contributed by atoms with Crippen LogP contribution in [-0.2, 0) is 5.41 Å². The Kier molecular flexibility index (Phi) is 1.48. The average Bonchev–Trinajstić information content (AvgIpc) is 2.08. The van der Waals surface area contributed by atoms with Gasteiger partial charge in [0.25, 0.3) is 0 Å². The SMILES string of the molecule is CC(C)(C)c1nnns1. The van der Waals surface area contributed by atoms with Gasteiger partial charge in [0.15, 0.2) is 0 Å². The number of nitrogens with zero attached hydrogens (tertiary/aromatic N) is 3. The summed E-state index contributed by atoms with van der Waals surface area (Å²) < 4.78 is 3.67. The van der Waals surface area contributed by atoms with Crippen molar-refractivity contribution in [3.05, 3.63) is 5.01 Å². The Hall–Kier alpha value is -0.510. The topological polar surface area (TPSA) is 38.7 Å². The van der Waals surface area contributed by atoms with Crippen LogP contribution in [0, 0.1) is 0 Å². The van der Waals surface area contributed by atoms with E-state index in [1.54, 1.807) is 0 Å². The van der Waals surface area contributed by atoms with Gasteiger partial charge in [0, 0.05) is 16.9 Å². The maximum absolute atomic E-state index is 3.84. The lowest BCUT2D eigenvalue weighted by Crippen LogP contribution is -2.10. The molecule has 0 bridgehead atoms. The van der Waals surface area contributed by atoms with Gasteiger partial charge in [-0.3, -0.25) is 0 Å². The molecule has 0 aliphatic rings. The molecule has 0 N–H and O–H groups in total. The Morgan fingerprint density at radius 2 is 2.00 bits per heavy atom. The fraction of sp³-hybridized carbons (Fsp3) is 0.800. The summed E-state index contributed by atoms with van der Waals surface area (Å²) in [7, 11) is 0. The second-order valence-electron chi connectivity index (χ2n) is 2.92. The largest absolute Gasteiger partial charge is 0.143 e. The number of rotatable bonds is 0. The first-order valence-electron chi connectivity index (χ1n) is 2.76. The third-order valence-corrected chi connectivity index (χ3v) is 1.96. The van der Waals surface area contributed by atoms with E-state index >= 15 is 0 Å². The molecule has 9 heavy (non-hydrogen) atoms. The van der Waals surface area contributed by atoms with Gasteiger partial charge in [0.2, 0.25) is 0 Å². The molecule has 0 radical (unpaired) electrons. The molecular formula is C5H9N3S. The molecule has 0 aromatic carbocycles. The molecule has 50 valence electrons. The Morgan fingerprint density at radius 1 is 1.33 bits per heavy atom. The van der Waals surface area contributed by atoms with Gasteiger partial charge in [0.1, 0.15) is 5.01 Å². The van der Waals surface area contributed by atoms with Crippen molar-refractivity contribution >= 4 is 11.5 Å². The lowest BCUT2D eigenvalue weighted by atomic mass is 9.98. The third-order valence-electron chi connectivity index (χ3n) is 0.941. The zero-order valence-electron chi connectivity index (χ0n) is 5.75. The molecule has 0 spiro atoms. The van der Waals surface area contributed by atoms with Crippen molar-refractivity contribution in [2.75, 3.05) is 0 Å². The zero-order valence-corrected chi connectivity index (χ0v) is 6.57. The highest BCUT2D eigenvalue weighted by molar-refractivity contribution is 7.05. The van der Waals surface area contributed by atoms with Gasteiger partial charge in [-0.1, -0.05) is 25.3 Å². The number of aromatic nitrogens is 3. The summed E-state index contributed by atoms with van der Waals surface area (Å²) in [4.78, 5) is 0. The summed E-state index contributed by atoms with van der Waals surface area (Å²) >= 11 is 1.36. The maximum Gasteiger partial charge on any atom is 0.143 e. The summed E-state index contributed by atoms with van der Waals surface area (Å²) in [6, 6.07) is 0. The van der Waals surface area contributed by atoms with Gasteiger partial charge in [-0.15, -0.1) is 5.10 Å². The standard InChI is InChI=1S/C5H9N3S/c1-5(2,3)4-6-7-8-9-4/h1-3H3. The Labute approximate surface area is 58.3 Å². The number of hydrogen-bond donors (Lipinski definition) is 0. The fourth-order valence-corrected chi connectivity index (χ4v) is 0.918. The summed E-state index contributed by atoms with van der Waals surface area (Å²) in [6.45, 7) is 6.28. The van der Waals surface area contributed by atoms with Crippen LogP contribution in [0.25, 0.3) is 0 Å². The lowest BCUT2D eigenvalue weighted by molar-refractivity contribution is 0.576. The monoisotopic (exact) mass is 143 g/mol. The van der Waals surface area contributed by atoms with Crippen molar-refractivity contribution in [3.63, 3.8) is 0 Å². The molecular weight excluding hydrogens is 134 g/mol. The maximum atomic E-state index is 3.84. The van der Waals surface area contributed by atoms with Crippen molar-refractivity contribution in [3.8, 4) is 0 Å². The molecule has 1 aromatic heterocycles. The van der Waals surface area contributed by atoms with Crippen LogP contribution in [0.15, 0.2) is 0 Å². The molecule has 0 aliphatic carbocycles. The fourth-order valence-electron chi connectivity index (χ4n) is 0.421. The van der Waals surface area contributed by atoms with E-state index in [1.165, 1.54) is 11.5 Å². The Balaban J connectivity index is 2.90. The van der Waals surface area contributed by atoms with Crippen molar-refractivity contribution in [1.29, 1.82) is 0 Å². The van der Waals surface area contributed by atoms with Crippen LogP contribution in [0.2, 0.25) is 0 Å². The van der Waals surface area contributed by atoms with Crippen molar-refractivity contribution in [2.24, 2.45) is 0 Å². The zero-order chi connectivity index (χ0) is 6.91. The van der Waals surface area contributed by atoms with E-state index in [2.05, 4.69) is 35.6 Å². The van der Waals surface area contributed by atoms with Crippen LogP contribution in [0.1, 0.15) is 25.8 Å². The molecule has 0 saturated heterocycles. The highest BCUT2D eigenvalue weighted by Crippen LogP contribution is 2.20. The van der Waals surface area contributed by atoms with Gasteiger partial charge >= 0.3 is 0 Å². The van der Waals surface area contributed by atoms with E-state index in [4.69, 9.17) is 0 Å². The summed E-state index contributed by atoms with van der Waals surface area (Å²) in [5, 5.41) is 8.34. The molecule has 0 unspecified atom stereocenters. The van der Waals surface area contributed by atoms with Crippen molar-refractivity contribution in [2.45, 2.75) is 26.2 Å². The quantitative estimate of drug-likeness (QED) is 0.548. The van der Waals surface area contributed by atoms with Crippen LogP contribution < -0.4 is 0 Å². The molecule has 1 aromatic rings. The van der Waals surface area contributed by atoms with E-state index in [1.807, 2.05) is 0 Å². The summed E-state index contributed by atoms with van der Waals surface area (Å²) in [5.74, 6) is 0. The van der Waals surface area contributed by atoms with E-state index in [9.17, 15) is 0 Å². The lowest BCUT2D eigenvalue weighted by Gasteiger charge is -2.10. The van der Waals surface area contributed by atoms with E-state index in [0.29, 0.717) is 0 Å². The van der Waals surface area contributed by atoms with Crippen LogP contribution in [0.5, 0.6) is 0 Å². The molecule has 3 nitrogen and oxygen atoms in total. The molecule has 0 amide bonds. The highest BCUT2D eigenvalue weighted by Gasteiger charge is 2.17. The minimum atomic E-state index is 0.105. The predicted molar refractivity (Wildman–Crippen MR) is 36.4 cm³/mol. The first-order chi connectivity index (χ1) is 4.11. The van der Waals surface area contributed by atoms with Gasteiger partial charge in [-0.05, 0) is 5.21 Å². The smallest absolute Gasteiger partial charge is 0.121 e. The van der Waals surface area contributed by atoms with Gasteiger partial charge in [0.05, 0.1) is 0 Å². The van der Waals surface area contributed by atoms with Gasteiger partial charge in [-0.25, -0.2) is 0 Å². The van der Waals surface area contributed by atoms with Crippen molar-refractivity contribution in [1.82, 2.24) is 14.8 Å². The summed E-state index contributed by atoms with van der Waals surface area (Å²) in [6.07, 6.45) is 0.